The number of likely N-dealkylation sites (N-methyl/N-ethyl adjacent to an activating group) is 1. The molecular formula is C14H19NO. The maximum Gasteiger partial charge on any atom is 0.0813 e. The maximum atomic E-state index is 6.17. The Balaban J connectivity index is 1.77. The molecule has 2 nitrogen and oxygen atoms in total. The second-order valence-electron chi connectivity index (χ2n) is 4.90. The Morgan fingerprint density at radius 2 is 2.06 bits per heavy atom. The van der Waals surface area contributed by atoms with Crippen LogP contribution in [0.15, 0.2) is 24.3 Å². The van der Waals surface area contributed by atoms with Gasteiger partial charge in [-0.2, -0.15) is 0 Å². The molecule has 0 radical (unpaired) electrons. The lowest BCUT2D eigenvalue weighted by molar-refractivity contribution is -0.0602. The van der Waals surface area contributed by atoms with Crippen LogP contribution in [-0.4, -0.2) is 19.3 Å². The first-order valence-electron chi connectivity index (χ1n) is 6.29. The third kappa shape index (κ3) is 1.66. The van der Waals surface area contributed by atoms with E-state index < -0.39 is 0 Å². The first-order valence-corrected chi connectivity index (χ1v) is 6.29. The van der Waals surface area contributed by atoms with Crippen LogP contribution in [0.5, 0.6) is 0 Å². The van der Waals surface area contributed by atoms with Gasteiger partial charge in [0.25, 0.3) is 0 Å². The summed E-state index contributed by atoms with van der Waals surface area (Å²) >= 11 is 0. The van der Waals surface area contributed by atoms with Crippen LogP contribution in [0.4, 0.5) is 0 Å². The second-order valence-corrected chi connectivity index (χ2v) is 4.90. The summed E-state index contributed by atoms with van der Waals surface area (Å²) in [7, 11) is 2.03. The number of nitrogens with one attached hydrogen (secondary N) is 1. The zero-order chi connectivity index (χ0) is 11.0. The predicted molar refractivity (Wildman–Crippen MR) is 64.5 cm³/mol. The lowest BCUT2D eigenvalue weighted by Gasteiger charge is -2.31. The van der Waals surface area contributed by atoms with E-state index in [0.29, 0.717) is 18.2 Å². The van der Waals surface area contributed by atoms with Crippen molar-refractivity contribution in [3.8, 4) is 0 Å². The van der Waals surface area contributed by atoms with Gasteiger partial charge in [-0.3, -0.25) is 0 Å². The Kier molecular flexibility index (Phi) is 2.70. The summed E-state index contributed by atoms with van der Waals surface area (Å²) in [4.78, 5) is 0. The number of ether oxygens (including phenoxy) is 1. The maximum absolute atomic E-state index is 6.17. The number of hydrogen-bond acceptors (Lipinski definition) is 2. The van der Waals surface area contributed by atoms with Crippen LogP contribution in [-0.2, 0) is 11.2 Å². The molecule has 0 amide bonds. The van der Waals surface area contributed by atoms with Crippen molar-refractivity contribution >= 4 is 0 Å². The third-order valence-corrected chi connectivity index (χ3v) is 3.91. The van der Waals surface area contributed by atoms with Crippen LogP contribution in [0.1, 0.15) is 36.4 Å². The van der Waals surface area contributed by atoms with E-state index in [0.717, 1.165) is 6.42 Å². The van der Waals surface area contributed by atoms with Crippen molar-refractivity contribution in [2.45, 2.75) is 43.9 Å². The number of benzene rings is 1. The van der Waals surface area contributed by atoms with Crippen LogP contribution in [0.25, 0.3) is 0 Å². The molecule has 86 valence electrons. The predicted octanol–water partition coefficient (Wildman–Crippen LogP) is 2.44. The number of rotatable bonds is 3. The Morgan fingerprint density at radius 1 is 1.25 bits per heavy atom. The van der Waals surface area contributed by atoms with Crippen molar-refractivity contribution in [1.29, 1.82) is 0 Å². The van der Waals surface area contributed by atoms with Gasteiger partial charge in [0.05, 0.1) is 18.2 Å². The normalized spacial score (nSPS) is 28.8. The molecule has 1 saturated carbocycles. The van der Waals surface area contributed by atoms with E-state index in [-0.39, 0.29) is 0 Å². The molecule has 1 aromatic carbocycles. The summed E-state index contributed by atoms with van der Waals surface area (Å²) in [5.74, 6) is 0. The van der Waals surface area contributed by atoms with E-state index in [1.165, 1.54) is 30.4 Å². The van der Waals surface area contributed by atoms with E-state index in [9.17, 15) is 0 Å². The van der Waals surface area contributed by atoms with Crippen LogP contribution in [0.2, 0.25) is 0 Å². The van der Waals surface area contributed by atoms with Crippen molar-refractivity contribution < 1.29 is 4.74 Å². The first kappa shape index (κ1) is 10.3. The van der Waals surface area contributed by atoms with Crippen molar-refractivity contribution in [2.75, 3.05) is 7.05 Å². The van der Waals surface area contributed by atoms with E-state index in [1.807, 2.05) is 7.05 Å². The summed E-state index contributed by atoms with van der Waals surface area (Å²) in [5.41, 5.74) is 2.88. The molecule has 0 saturated heterocycles. The monoisotopic (exact) mass is 217 g/mol. The lowest BCUT2D eigenvalue weighted by atomic mass is 9.95. The van der Waals surface area contributed by atoms with Crippen LogP contribution in [0.3, 0.4) is 0 Å². The molecule has 16 heavy (non-hydrogen) atoms. The SMILES string of the molecule is CNC1c2ccccc2CC1OC1CCC1. The second kappa shape index (κ2) is 4.19. The fourth-order valence-corrected chi connectivity index (χ4v) is 2.78. The molecule has 1 N–H and O–H groups in total. The minimum absolute atomic E-state index is 0.340. The molecule has 0 spiro atoms. The van der Waals surface area contributed by atoms with Gasteiger partial charge < -0.3 is 10.1 Å². The molecule has 2 unspecified atom stereocenters. The highest BCUT2D eigenvalue weighted by Gasteiger charge is 2.34. The smallest absolute Gasteiger partial charge is 0.0813 e. The molecule has 0 bridgehead atoms. The van der Waals surface area contributed by atoms with Crippen molar-refractivity contribution in [1.82, 2.24) is 5.32 Å². The molecular weight excluding hydrogens is 198 g/mol. The van der Waals surface area contributed by atoms with E-state index in [1.54, 1.807) is 0 Å². The highest BCUT2D eigenvalue weighted by Crippen LogP contribution is 2.36. The Labute approximate surface area is 97.0 Å². The quantitative estimate of drug-likeness (QED) is 0.839. The average molecular weight is 217 g/mol. The highest BCUT2D eigenvalue weighted by molar-refractivity contribution is 5.36. The van der Waals surface area contributed by atoms with Crippen LogP contribution >= 0.6 is 0 Å². The van der Waals surface area contributed by atoms with Gasteiger partial charge in [0.1, 0.15) is 0 Å². The minimum Gasteiger partial charge on any atom is -0.373 e. The largest absolute Gasteiger partial charge is 0.373 e. The summed E-state index contributed by atoms with van der Waals surface area (Å²) in [6, 6.07) is 9.08. The van der Waals surface area contributed by atoms with Gasteiger partial charge in [-0.25, -0.2) is 0 Å². The van der Waals surface area contributed by atoms with E-state index >= 15 is 0 Å². The topological polar surface area (TPSA) is 21.3 Å². The molecule has 1 aromatic rings. The summed E-state index contributed by atoms with van der Waals surface area (Å²) in [6.45, 7) is 0. The Morgan fingerprint density at radius 3 is 2.75 bits per heavy atom. The van der Waals surface area contributed by atoms with Gasteiger partial charge in [0.2, 0.25) is 0 Å². The molecule has 2 atom stereocenters. The van der Waals surface area contributed by atoms with Crippen molar-refractivity contribution in [2.24, 2.45) is 0 Å². The van der Waals surface area contributed by atoms with Crippen molar-refractivity contribution in [3.05, 3.63) is 35.4 Å². The van der Waals surface area contributed by atoms with E-state index in [4.69, 9.17) is 4.74 Å². The third-order valence-electron chi connectivity index (χ3n) is 3.91. The number of fused-ring (bicyclic) bond motifs is 1. The van der Waals surface area contributed by atoms with Crippen LogP contribution < -0.4 is 5.32 Å². The Hall–Kier alpha value is -0.860. The van der Waals surface area contributed by atoms with E-state index in [2.05, 4.69) is 29.6 Å². The molecule has 2 aliphatic rings. The van der Waals surface area contributed by atoms with Gasteiger partial charge in [0.15, 0.2) is 0 Å². The molecule has 3 rings (SSSR count). The molecule has 2 heteroatoms. The molecule has 2 aliphatic carbocycles. The zero-order valence-electron chi connectivity index (χ0n) is 9.78. The van der Waals surface area contributed by atoms with Gasteiger partial charge in [0, 0.05) is 6.42 Å². The fourth-order valence-electron chi connectivity index (χ4n) is 2.78. The Bertz CT molecular complexity index is 373. The van der Waals surface area contributed by atoms with Crippen LogP contribution in [0, 0.1) is 0 Å². The summed E-state index contributed by atoms with van der Waals surface area (Å²) < 4.78 is 6.17. The minimum atomic E-state index is 0.340. The first-order chi connectivity index (χ1) is 7.88. The lowest BCUT2D eigenvalue weighted by Crippen LogP contribution is -2.34. The van der Waals surface area contributed by atoms with Gasteiger partial charge >= 0.3 is 0 Å². The summed E-state index contributed by atoms with van der Waals surface area (Å²) in [6.07, 6.45) is 5.78. The van der Waals surface area contributed by atoms with Gasteiger partial charge in [-0.05, 0) is 37.4 Å². The molecule has 0 aliphatic heterocycles. The zero-order valence-corrected chi connectivity index (χ0v) is 9.78. The van der Waals surface area contributed by atoms with Crippen molar-refractivity contribution in [3.63, 3.8) is 0 Å². The summed E-state index contributed by atoms with van der Waals surface area (Å²) in [5, 5.41) is 3.40. The molecule has 0 heterocycles. The molecule has 1 fully saturated rings. The van der Waals surface area contributed by atoms with Gasteiger partial charge in [-0.1, -0.05) is 24.3 Å². The molecule has 0 aromatic heterocycles. The number of hydrogen-bond donors (Lipinski definition) is 1. The highest BCUT2D eigenvalue weighted by atomic mass is 16.5. The standard InChI is InChI=1S/C14H19NO/c1-15-14-12-8-3-2-5-10(12)9-13(14)16-11-6-4-7-11/h2-3,5,8,11,13-15H,4,6-7,9H2,1H3. The average Bonchev–Trinajstić information content (AvgIpc) is 2.60. The fraction of sp³-hybridized carbons (Fsp3) is 0.571. The van der Waals surface area contributed by atoms with Gasteiger partial charge in [-0.15, -0.1) is 0 Å².